The summed E-state index contributed by atoms with van der Waals surface area (Å²) in [5.74, 6) is -0.207. The van der Waals surface area contributed by atoms with Crippen LogP contribution in [0.4, 0.5) is 0 Å². The fraction of sp³-hybridized carbons (Fsp3) is 0.923. The van der Waals surface area contributed by atoms with Crippen LogP contribution in [0.25, 0.3) is 0 Å². The Hall–Kier alpha value is -0.660. The summed E-state index contributed by atoms with van der Waals surface area (Å²) in [5.41, 5.74) is 0. The van der Waals surface area contributed by atoms with Crippen molar-refractivity contribution in [3.05, 3.63) is 0 Å². The molecule has 20 heavy (non-hydrogen) atoms. The lowest BCUT2D eigenvalue weighted by Gasteiger charge is -2.27. The van der Waals surface area contributed by atoms with E-state index in [2.05, 4.69) is 10.6 Å². The maximum atomic E-state index is 12.1. The second-order valence-corrected chi connectivity index (χ2v) is 7.71. The van der Waals surface area contributed by atoms with Crippen LogP contribution in [0.2, 0.25) is 0 Å². The maximum Gasteiger partial charge on any atom is 0.221 e. The van der Waals surface area contributed by atoms with Gasteiger partial charge in [-0.1, -0.05) is 19.3 Å². The standard InChI is InChI=1S/C13H25N3O3S/c17-13(15-12-4-2-1-3-5-12)6-11-20(18,19)16-9-7-14-8-10-16/h12,14H,1-11H2,(H,15,17). The Morgan fingerprint density at radius 3 is 2.45 bits per heavy atom. The first-order valence-electron chi connectivity index (χ1n) is 7.56. The van der Waals surface area contributed by atoms with Gasteiger partial charge in [-0.3, -0.25) is 4.79 Å². The number of sulfonamides is 1. The molecule has 2 aliphatic rings. The molecule has 1 saturated carbocycles. The van der Waals surface area contributed by atoms with Crippen LogP contribution >= 0.6 is 0 Å². The van der Waals surface area contributed by atoms with Crippen LogP contribution in [0.15, 0.2) is 0 Å². The number of hydrogen-bond acceptors (Lipinski definition) is 4. The van der Waals surface area contributed by atoms with E-state index in [1.165, 1.54) is 10.7 Å². The summed E-state index contributed by atoms with van der Waals surface area (Å²) in [4.78, 5) is 11.8. The van der Waals surface area contributed by atoms with Gasteiger partial charge in [-0.15, -0.1) is 0 Å². The van der Waals surface area contributed by atoms with Crippen molar-refractivity contribution in [3.63, 3.8) is 0 Å². The van der Waals surface area contributed by atoms with E-state index in [-0.39, 0.29) is 24.1 Å². The van der Waals surface area contributed by atoms with E-state index in [0.29, 0.717) is 26.2 Å². The fourth-order valence-electron chi connectivity index (χ4n) is 2.82. The smallest absolute Gasteiger partial charge is 0.221 e. The van der Waals surface area contributed by atoms with Crippen LogP contribution in [0.3, 0.4) is 0 Å². The Balaban J connectivity index is 1.73. The van der Waals surface area contributed by atoms with Gasteiger partial charge in [0.1, 0.15) is 0 Å². The highest BCUT2D eigenvalue weighted by atomic mass is 32.2. The van der Waals surface area contributed by atoms with Crippen molar-refractivity contribution >= 4 is 15.9 Å². The quantitative estimate of drug-likeness (QED) is 0.753. The highest BCUT2D eigenvalue weighted by Crippen LogP contribution is 2.17. The molecule has 0 aromatic carbocycles. The van der Waals surface area contributed by atoms with Gasteiger partial charge in [0.25, 0.3) is 0 Å². The van der Waals surface area contributed by atoms with Crippen molar-refractivity contribution in [2.75, 3.05) is 31.9 Å². The summed E-state index contributed by atoms with van der Waals surface area (Å²) in [7, 11) is -3.29. The van der Waals surface area contributed by atoms with Gasteiger partial charge in [-0.2, -0.15) is 4.31 Å². The van der Waals surface area contributed by atoms with Gasteiger partial charge in [0.05, 0.1) is 5.75 Å². The van der Waals surface area contributed by atoms with Crippen LogP contribution < -0.4 is 10.6 Å². The van der Waals surface area contributed by atoms with Crippen molar-refractivity contribution in [2.45, 2.75) is 44.6 Å². The minimum absolute atomic E-state index is 0.0722. The van der Waals surface area contributed by atoms with Crippen molar-refractivity contribution in [3.8, 4) is 0 Å². The summed E-state index contributed by atoms with van der Waals surface area (Å²) in [6.07, 6.45) is 5.67. The molecule has 1 aliphatic carbocycles. The largest absolute Gasteiger partial charge is 0.353 e. The second-order valence-electron chi connectivity index (χ2n) is 5.62. The van der Waals surface area contributed by atoms with Crippen molar-refractivity contribution in [1.29, 1.82) is 0 Å². The first kappa shape index (κ1) is 15.7. The lowest BCUT2D eigenvalue weighted by molar-refractivity contribution is -0.121. The minimum atomic E-state index is -3.29. The Bertz CT molecular complexity index is 413. The maximum absolute atomic E-state index is 12.1. The first-order chi connectivity index (χ1) is 9.58. The number of nitrogens with one attached hydrogen (secondary N) is 2. The van der Waals surface area contributed by atoms with Crippen molar-refractivity contribution in [2.24, 2.45) is 0 Å². The predicted molar refractivity (Wildman–Crippen MR) is 77.9 cm³/mol. The topological polar surface area (TPSA) is 78.5 Å². The predicted octanol–water partition coefficient (Wildman–Crippen LogP) is 0.0604. The first-order valence-corrected chi connectivity index (χ1v) is 9.17. The third kappa shape index (κ3) is 4.71. The Kier molecular flexibility index (Phi) is 5.80. The second kappa shape index (κ2) is 7.38. The molecule has 0 aromatic heterocycles. The third-order valence-electron chi connectivity index (χ3n) is 4.03. The van der Waals surface area contributed by atoms with E-state index < -0.39 is 10.0 Å². The monoisotopic (exact) mass is 303 g/mol. The van der Waals surface area contributed by atoms with E-state index in [9.17, 15) is 13.2 Å². The van der Waals surface area contributed by atoms with Gasteiger partial charge in [0.15, 0.2) is 0 Å². The molecule has 2 N–H and O–H groups in total. The molecule has 0 bridgehead atoms. The Morgan fingerprint density at radius 1 is 1.15 bits per heavy atom. The van der Waals surface area contributed by atoms with E-state index in [4.69, 9.17) is 0 Å². The summed E-state index contributed by atoms with van der Waals surface area (Å²) in [5, 5.41) is 6.08. The van der Waals surface area contributed by atoms with E-state index in [0.717, 1.165) is 25.7 Å². The van der Waals surface area contributed by atoms with Crippen molar-refractivity contribution < 1.29 is 13.2 Å². The lowest BCUT2D eigenvalue weighted by Crippen LogP contribution is -2.47. The summed E-state index contributed by atoms with van der Waals surface area (Å²) in [6, 6.07) is 0.248. The highest BCUT2D eigenvalue weighted by Gasteiger charge is 2.25. The normalized spacial score (nSPS) is 22.6. The van der Waals surface area contributed by atoms with E-state index >= 15 is 0 Å². The molecule has 116 valence electrons. The molecule has 2 fully saturated rings. The van der Waals surface area contributed by atoms with Gasteiger partial charge < -0.3 is 10.6 Å². The summed E-state index contributed by atoms with van der Waals surface area (Å²) < 4.78 is 25.7. The van der Waals surface area contributed by atoms with Crippen LogP contribution in [0.1, 0.15) is 38.5 Å². The molecule has 2 rings (SSSR count). The van der Waals surface area contributed by atoms with Gasteiger partial charge in [0, 0.05) is 38.6 Å². The molecule has 0 aromatic rings. The van der Waals surface area contributed by atoms with E-state index in [1.807, 2.05) is 0 Å². The zero-order valence-corrected chi connectivity index (χ0v) is 12.8. The van der Waals surface area contributed by atoms with Crippen LogP contribution in [-0.2, 0) is 14.8 Å². The molecule has 0 unspecified atom stereocenters. The Labute approximate surface area is 121 Å². The fourth-order valence-corrected chi connectivity index (χ4v) is 4.26. The van der Waals surface area contributed by atoms with Gasteiger partial charge in [-0.05, 0) is 12.8 Å². The molecule has 1 amide bonds. The summed E-state index contributed by atoms with van der Waals surface area (Å²) >= 11 is 0. The zero-order chi connectivity index (χ0) is 14.4. The van der Waals surface area contributed by atoms with Crippen molar-refractivity contribution in [1.82, 2.24) is 14.9 Å². The molecule has 1 aliphatic heterocycles. The molecule has 6 nitrogen and oxygen atoms in total. The average Bonchev–Trinajstić information content (AvgIpc) is 2.47. The number of carbonyl (C=O) groups excluding carboxylic acids is 1. The third-order valence-corrected chi connectivity index (χ3v) is 5.90. The van der Waals surface area contributed by atoms with Crippen LogP contribution in [0, 0.1) is 0 Å². The number of carbonyl (C=O) groups is 1. The molecule has 1 saturated heterocycles. The molecule has 7 heteroatoms. The zero-order valence-electron chi connectivity index (χ0n) is 11.9. The lowest BCUT2D eigenvalue weighted by atomic mass is 9.95. The van der Waals surface area contributed by atoms with Gasteiger partial charge in [0.2, 0.25) is 15.9 Å². The molecular formula is C13H25N3O3S. The SMILES string of the molecule is O=C(CCS(=O)(=O)N1CCNCC1)NC1CCCCC1. The van der Waals surface area contributed by atoms with E-state index in [1.54, 1.807) is 0 Å². The average molecular weight is 303 g/mol. The molecule has 0 radical (unpaired) electrons. The van der Waals surface area contributed by atoms with Gasteiger partial charge in [-0.25, -0.2) is 8.42 Å². The number of piperazine rings is 1. The molecule has 1 heterocycles. The Morgan fingerprint density at radius 2 is 1.80 bits per heavy atom. The molecule has 0 spiro atoms. The number of rotatable bonds is 5. The number of amides is 1. The highest BCUT2D eigenvalue weighted by molar-refractivity contribution is 7.89. The summed E-state index contributed by atoms with van der Waals surface area (Å²) in [6.45, 7) is 2.39. The minimum Gasteiger partial charge on any atom is -0.353 e. The van der Waals surface area contributed by atoms with Crippen LogP contribution in [0.5, 0.6) is 0 Å². The number of hydrogen-bond donors (Lipinski definition) is 2. The number of nitrogens with zero attached hydrogens (tertiary/aromatic N) is 1. The van der Waals surface area contributed by atoms with Crippen LogP contribution in [-0.4, -0.2) is 56.6 Å². The molecule has 0 atom stereocenters. The van der Waals surface area contributed by atoms with Gasteiger partial charge >= 0.3 is 0 Å². The molecular weight excluding hydrogens is 278 g/mol.